The third-order valence-corrected chi connectivity index (χ3v) is 5.38. The molecule has 1 N–H and O–H groups in total. The van der Waals surface area contributed by atoms with Gasteiger partial charge >= 0.3 is 0 Å². The minimum atomic E-state index is -1.33. The Labute approximate surface area is 186 Å². The number of nitrogens with zero attached hydrogens (tertiary/aromatic N) is 1. The van der Waals surface area contributed by atoms with E-state index in [9.17, 15) is 23.5 Å². The lowest BCUT2D eigenvalue weighted by Crippen LogP contribution is -2.30. The van der Waals surface area contributed by atoms with Crippen LogP contribution in [0.15, 0.2) is 58.5 Å². The molecule has 1 atom stereocenters. The summed E-state index contributed by atoms with van der Waals surface area (Å²) in [5, 5.41) is 11.3. The van der Waals surface area contributed by atoms with Crippen LogP contribution in [-0.4, -0.2) is 23.9 Å². The Balaban J connectivity index is 1.97. The minimum absolute atomic E-state index is 0.0906. The number of halogens is 3. The quantitative estimate of drug-likeness (QED) is 0.331. The molecular formula is C23H16ClF2NO5. The van der Waals surface area contributed by atoms with Crippen molar-refractivity contribution in [2.24, 2.45) is 0 Å². The highest BCUT2D eigenvalue weighted by Crippen LogP contribution is 2.44. The molecule has 0 radical (unpaired) electrons. The summed E-state index contributed by atoms with van der Waals surface area (Å²) in [5.74, 6) is -3.72. The van der Waals surface area contributed by atoms with Crippen LogP contribution in [0.4, 0.5) is 14.5 Å². The van der Waals surface area contributed by atoms with E-state index in [1.165, 1.54) is 31.4 Å². The molecule has 32 heavy (non-hydrogen) atoms. The highest BCUT2D eigenvalue weighted by Gasteiger charge is 2.49. The zero-order valence-corrected chi connectivity index (χ0v) is 17.6. The number of hydrogen-bond donors (Lipinski definition) is 1. The Hall–Kier alpha value is -3.65. The molecule has 1 amide bonds. The van der Waals surface area contributed by atoms with Crippen LogP contribution in [0.5, 0.6) is 5.75 Å². The number of rotatable bonds is 4. The first-order chi connectivity index (χ1) is 15.2. The summed E-state index contributed by atoms with van der Waals surface area (Å²) < 4.78 is 39.3. The Morgan fingerprint density at radius 1 is 1.12 bits per heavy atom. The van der Waals surface area contributed by atoms with E-state index in [4.69, 9.17) is 20.8 Å². The van der Waals surface area contributed by atoms with Gasteiger partial charge in [-0.1, -0.05) is 11.6 Å². The number of anilines is 1. The molecule has 4 rings (SSSR count). The number of aliphatic hydroxyl groups excluding tert-OH is 1. The number of methoxy groups -OCH3 is 1. The summed E-state index contributed by atoms with van der Waals surface area (Å²) in [6.07, 6.45) is 0. The standard InChI is InChI=1S/C23H16ClF2NO5/c1-11-3-8-17(32-11)20-19(21(28)12-4-6-14(24)18(9-12)31-2)22(29)23(30)27(20)16-10-13(25)5-7-15(16)26/h3-10,20,28H,1-2H3/b21-19-. The summed E-state index contributed by atoms with van der Waals surface area (Å²) in [7, 11) is 1.38. The Morgan fingerprint density at radius 2 is 1.88 bits per heavy atom. The van der Waals surface area contributed by atoms with Gasteiger partial charge in [0.05, 0.1) is 23.4 Å². The fraction of sp³-hybridized carbons (Fsp3) is 0.130. The van der Waals surface area contributed by atoms with E-state index < -0.39 is 40.8 Å². The minimum Gasteiger partial charge on any atom is -0.507 e. The highest BCUT2D eigenvalue weighted by molar-refractivity contribution is 6.51. The molecule has 6 nitrogen and oxygen atoms in total. The first kappa shape index (κ1) is 21.6. The van der Waals surface area contributed by atoms with Crippen LogP contribution in [0, 0.1) is 18.6 Å². The number of furan rings is 1. The lowest BCUT2D eigenvalue weighted by Gasteiger charge is -2.24. The van der Waals surface area contributed by atoms with Crippen LogP contribution in [-0.2, 0) is 9.59 Å². The van der Waals surface area contributed by atoms with Crippen molar-refractivity contribution in [2.75, 3.05) is 12.0 Å². The van der Waals surface area contributed by atoms with Crippen molar-refractivity contribution in [2.45, 2.75) is 13.0 Å². The van der Waals surface area contributed by atoms with Crippen molar-refractivity contribution < 1.29 is 32.6 Å². The molecule has 9 heteroatoms. The summed E-state index contributed by atoms with van der Waals surface area (Å²) in [6.45, 7) is 1.64. The molecule has 0 spiro atoms. The average Bonchev–Trinajstić information content (AvgIpc) is 3.31. The lowest BCUT2D eigenvalue weighted by molar-refractivity contribution is -0.132. The maximum absolute atomic E-state index is 14.6. The predicted octanol–water partition coefficient (Wildman–Crippen LogP) is 5.15. The molecule has 1 unspecified atom stereocenters. The number of ether oxygens (including phenoxy) is 1. The maximum Gasteiger partial charge on any atom is 0.300 e. The molecule has 3 aromatic rings. The second-order valence-electron chi connectivity index (χ2n) is 7.06. The van der Waals surface area contributed by atoms with Gasteiger partial charge in [-0.25, -0.2) is 8.78 Å². The van der Waals surface area contributed by atoms with Gasteiger partial charge in [0.25, 0.3) is 11.7 Å². The molecule has 164 valence electrons. The normalized spacial score (nSPS) is 17.8. The number of carbonyl (C=O) groups excluding carboxylic acids is 2. The largest absolute Gasteiger partial charge is 0.507 e. The van der Waals surface area contributed by atoms with Crippen LogP contribution < -0.4 is 9.64 Å². The molecular weight excluding hydrogens is 444 g/mol. The van der Waals surface area contributed by atoms with Crippen molar-refractivity contribution in [1.82, 2.24) is 0 Å². The third kappa shape index (κ3) is 3.52. The second kappa shape index (κ2) is 8.12. The topological polar surface area (TPSA) is 80.0 Å². The van der Waals surface area contributed by atoms with Crippen LogP contribution in [0.1, 0.15) is 23.1 Å². The summed E-state index contributed by atoms with van der Waals surface area (Å²) in [4.78, 5) is 26.7. The molecule has 1 fully saturated rings. The predicted molar refractivity (Wildman–Crippen MR) is 113 cm³/mol. The van der Waals surface area contributed by atoms with E-state index in [1.54, 1.807) is 13.0 Å². The SMILES string of the molecule is COc1cc(/C(O)=C2/C(=O)C(=O)N(c3cc(F)ccc3F)C2c2ccc(C)o2)ccc1Cl. The molecule has 0 aliphatic carbocycles. The summed E-state index contributed by atoms with van der Waals surface area (Å²) >= 11 is 6.03. The highest BCUT2D eigenvalue weighted by atomic mass is 35.5. The molecule has 2 aromatic carbocycles. The van der Waals surface area contributed by atoms with E-state index in [-0.39, 0.29) is 27.7 Å². The summed E-state index contributed by atoms with van der Waals surface area (Å²) in [5.41, 5.74) is -0.673. The van der Waals surface area contributed by atoms with Crippen LogP contribution in [0.3, 0.4) is 0 Å². The maximum atomic E-state index is 14.6. The second-order valence-corrected chi connectivity index (χ2v) is 7.47. The molecule has 0 saturated carbocycles. The van der Waals surface area contributed by atoms with Crippen LogP contribution in [0.25, 0.3) is 5.76 Å². The van der Waals surface area contributed by atoms with Gasteiger partial charge in [-0.2, -0.15) is 0 Å². The van der Waals surface area contributed by atoms with Gasteiger partial charge in [0.15, 0.2) is 0 Å². The lowest BCUT2D eigenvalue weighted by atomic mass is 9.99. The van der Waals surface area contributed by atoms with Crippen LogP contribution >= 0.6 is 11.6 Å². The Morgan fingerprint density at radius 3 is 2.53 bits per heavy atom. The molecule has 0 bridgehead atoms. The number of carbonyl (C=O) groups is 2. The number of aliphatic hydroxyl groups is 1. The molecule has 2 heterocycles. The van der Waals surface area contributed by atoms with Gasteiger partial charge in [0, 0.05) is 11.6 Å². The smallest absolute Gasteiger partial charge is 0.300 e. The van der Waals surface area contributed by atoms with Gasteiger partial charge in [-0.15, -0.1) is 0 Å². The fourth-order valence-corrected chi connectivity index (χ4v) is 3.78. The third-order valence-electron chi connectivity index (χ3n) is 5.07. The van der Waals surface area contributed by atoms with Crippen molar-refractivity contribution >= 4 is 34.7 Å². The number of aryl methyl sites for hydroxylation is 1. The van der Waals surface area contributed by atoms with E-state index in [1.807, 2.05) is 0 Å². The van der Waals surface area contributed by atoms with Crippen LogP contribution in [0.2, 0.25) is 5.02 Å². The number of hydrogen-bond acceptors (Lipinski definition) is 5. The fourth-order valence-electron chi connectivity index (χ4n) is 3.58. The average molecular weight is 460 g/mol. The van der Waals surface area contributed by atoms with Crippen molar-refractivity contribution in [1.29, 1.82) is 0 Å². The first-order valence-corrected chi connectivity index (χ1v) is 9.77. The monoisotopic (exact) mass is 459 g/mol. The zero-order valence-electron chi connectivity index (χ0n) is 16.9. The van der Waals surface area contributed by atoms with Gasteiger partial charge in [-0.05, 0) is 49.4 Å². The molecule has 1 aliphatic rings. The van der Waals surface area contributed by atoms with E-state index in [0.29, 0.717) is 5.76 Å². The van der Waals surface area contributed by atoms with E-state index in [0.717, 1.165) is 23.1 Å². The van der Waals surface area contributed by atoms with Gasteiger partial charge in [0.2, 0.25) is 0 Å². The molecule has 1 saturated heterocycles. The van der Waals surface area contributed by atoms with E-state index >= 15 is 0 Å². The number of Topliss-reactive ketones (excluding diaryl/α,β-unsaturated/α-hetero) is 1. The van der Waals surface area contributed by atoms with Crippen molar-refractivity contribution in [3.8, 4) is 5.75 Å². The van der Waals surface area contributed by atoms with Gasteiger partial charge in [-0.3, -0.25) is 14.5 Å². The Bertz CT molecular complexity index is 1280. The van der Waals surface area contributed by atoms with E-state index in [2.05, 4.69) is 0 Å². The number of amides is 1. The van der Waals surface area contributed by atoms with Crippen molar-refractivity contribution in [3.05, 3.63) is 87.8 Å². The first-order valence-electron chi connectivity index (χ1n) is 9.39. The number of benzene rings is 2. The van der Waals surface area contributed by atoms with Gasteiger partial charge < -0.3 is 14.3 Å². The van der Waals surface area contributed by atoms with Crippen molar-refractivity contribution in [3.63, 3.8) is 0 Å². The summed E-state index contributed by atoms with van der Waals surface area (Å²) in [6, 6.07) is 8.55. The Kier molecular flexibility index (Phi) is 5.48. The molecule has 1 aromatic heterocycles. The zero-order chi connectivity index (χ0) is 23.2. The number of ketones is 1. The molecule has 1 aliphatic heterocycles. The van der Waals surface area contributed by atoms with Gasteiger partial charge in [0.1, 0.15) is 40.7 Å².